The van der Waals surface area contributed by atoms with Gasteiger partial charge in [0.1, 0.15) is 0 Å². The molecule has 14 heavy (non-hydrogen) atoms. The molecule has 0 spiro atoms. The van der Waals surface area contributed by atoms with Crippen LogP contribution in [0.3, 0.4) is 0 Å². The number of hydrogen-bond donors (Lipinski definition) is 0. The first-order chi connectivity index (χ1) is 6.54. The number of aromatic nitrogens is 1. The number of halogens is 1. The molecular formula is C11H18BrNS. The van der Waals surface area contributed by atoms with Gasteiger partial charge >= 0.3 is 0 Å². The summed E-state index contributed by atoms with van der Waals surface area (Å²) < 4.78 is 0. The van der Waals surface area contributed by atoms with Crippen molar-refractivity contribution in [1.82, 2.24) is 4.98 Å². The fourth-order valence-electron chi connectivity index (χ4n) is 1.48. The molecule has 0 aromatic carbocycles. The van der Waals surface area contributed by atoms with Crippen LogP contribution in [0.5, 0.6) is 0 Å². The van der Waals surface area contributed by atoms with Crippen molar-refractivity contribution in [1.29, 1.82) is 0 Å². The van der Waals surface area contributed by atoms with E-state index in [-0.39, 0.29) is 0 Å². The monoisotopic (exact) mass is 275 g/mol. The first kappa shape index (κ1) is 12.2. The maximum Gasteiger partial charge on any atom is 0.0934 e. The highest BCUT2D eigenvalue weighted by atomic mass is 79.9. The zero-order valence-corrected chi connectivity index (χ0v) is 11.7. The molecule has 0 aliphatic heterocycles. The Bertz CT molecular complexity index is 274. The van der Waals surface area contributed by atoms with Crippen molar-refractivity contribution >= 4 is 27.3 Å². The average Bonchev–Trinajstić information content (AvgIpc) is 2.41. The van der Waals surface area contributed by atoms with Crippen LogP contribution in [-0.4, -0.2) is 9.81 Å². The lowest BCUT2D eigenvalue weighted by Crippen LogP contribution is -2.12. The third-order valence-electron chi connectivity index (χ3n) is 2.68. The Kier molecular flexibility index (Phi) is 4.58. The van der Waals surface area contributed by atoms with E-state index in [1.807, 2.05) is 11.3 Å². The summed E-state index contributed by atoms with van der Waals surface area (Å²) in [7, 11) is 0. The second kappa shape index (κ2) is 5.26. The molecule has 2 unspecified atom stereocenters. The molecular weight excluding hydrogens is 258 g/mol. The van der Waals surface area contributed by atoms with Gasteiger partial charge in [0.2, 0.25) is 0 Å². The maximum absolute atomic E-state index is 4.58. The third-order valence-corrected chi connectivity index (χ3v) is 4.53. The van der Waals surface area contributed by atoms with Crippen molar-refractivity contribution < 1.29 is 0 Å². The Balaban J connectivity index is 2.67. The number of aryl methyl sites for hydroxylation is 2. The largest absolute Gasteiger partial charge is 0.246 e. The lowest BCUT2D eigenvalue weighted by Gasteiger charge is -2.15. The van der Waals surface area contributed by atoms with Crippen molar-refractivity contribution in [3.8, 4) is 0 Å². The van der Waals surface area contributed by atoms with Gasteiger partial charge in [0.05, 0.1) is 10.7 Å². The molecule has 3 heteroatoms. The fourth-order valence-corrected chi connectivity index (χ4v) is 3.07. The minimum atomic E-state index is 0.581. The van der Waals surface area contributed by atoms with Crippen LogP contribution in [0.15, 0.2) is 0 Å². The highest BCUT2D eigenvalue weighted by Gasteiger charge is 2.15. The lowest BCUT2D eigenvalue weighted by atomic mass is 10.00. The molecule has 0 saturated carbocycles. The van der Waals surface area contributed by atoms with Crippen LogP contribution < -0.4 is 0 Å². The second-order valence-electron chi connectivity index (χ2n) is 3.80. The van der Waals surface area contributed by atoms with Crippen LogP contribution in [0.2, 0.25) is 0 Å². The van der Waals surface area contributed by atoms with Gasteiger partial charge < -0.3 is 0 Å². The van der Waals surface area contributed by atoms with Gasteiger partial charge in [-0.15, -0.1) is 11.3 Å². The molecule has 0 N–H and O–H groups in total. The predicted molar refractivity (Wildman–Crippen MR) is 67.5 cm³/mol. The van der Waals surface area contributed by atoms with E-state index in [1.54, 1.807) is 0 Å². The molecule has 80 valence electrons. The zero-order chi connectivity index (χ0) is 10.7. The standard InChI is InChI=1S/C11H18BrNS/c1-5-10(7(2)12)6-11-13-8(3)9(4)14-11/h7,10H,5-6H2,1-4H3. The molecule has 1 aromatic rings. The topological polar surface area (TPSA) is 12.9 Å². The third kappa shape index (κ3) is 3.06. The highest BCUT2D eigenvalue weighted by Crippen LogP contribution is 2.25. The Morgan fingerprint density at radius 2 is 2.07 bits per heavy atom. The minimum absolute atomic E-state index is 0.581. The fraction of sp³-hybridized carbons (Fsp3) is 0.727. The normalized spacial score (nSPS) is 15.5. The molecule has 0 bridgehead atoms. The number of hydrogen-bond acceptors (Lipinski definition) is 2. The van der Waals surface area contributed by atoms with E-state index in [4.69, 9.17) is 0 Å². The quantitative estimate of drug-likeness (QED) is 0.754. The Hall–Kier alpha value is 0.110. The smallest absolute Gasteiger partial charge is 0.0934 e. The van der Waals surface area contributed by atoms with Gasteiger partial charge in [-0.05, 0) is 19.8 Å². The van der Waals surface area contributed by atoms with Crippen molar-refractivity contribution in [2.24, 2.45) is 5.92 Å². The van der Waals surface area contributed by atoms with Crippen LogP contribution in [0.4, 0.5) is 0 Å². The van der Waals surface area contributed by atoms with E-state index in [2.05, 4.69) is 48.6 Å². The van der Waals surface area contributed by atoms with Crippen molar-refractivity contribution in [3.63, 3.8) is 0 Å². The highest BCUT2D eigenvalue weighted by molar-refractivity contribution is 9.09. The van der Waals surface area contributed by atoms with Gasteiger partial charge in [0, 0.05) is 16.1 Å². The van der Waals surface area contributed by atoms with Gasteiger partial charge in [-0.3, -0.25) is 0 Å². The van der Waals surface area contributed by atoms with Gasteiger partial charge in [-0.2, -0.15) is 0 Å². The first-order valence-corrected chi connectivity index (χ1v) is 6.84. The van der Waals surface area contributed by atoms with Crippen LogP contribution in [0.25, 0.3) is 0 Å². The van der Waals surface area contributed by atoms with E-state index in [9.17, 15) is 0 Å². The lowest BCUT2D eigenvalue weighted by molar-refractivity contribution is 0.507. The molecule has 1 nitrogen and oxygen atoms in total. The van der Waals surface area contributed by atoms with Crippen molar-refractivity contribution in [2.45, 2.75) is 45.4 Å². The average molecular weight is 276 g/mol. The molecule has 0 aliphatic carbocycles. The molecule has 1 rings (SSSR count). The zero-order valence-electron chi connectivity index (χ0n) is 9.30. The van der Waals surface area contributed by atoms with Crippen LogP contribution >= 0.6 is 27.3 Å². The molecule has 0 saturated heterocycles. The molecule has 0 radical (unpaired) electrons. The van der Waals surface area contributed by atoms with Gasteiger partial charge in [0.25, 0.3) is 0 Å². The van der Waals surface area contributed by atoms with Gasteiger partial charge in [-0.1, -0.05) is 36.2 Å². The number of rotatable bonds is 4. The molecule has 0 amide bonds. The summed E-state index contributed by atoms with van der Waals surface area (Å²) in [5, 5.41) is 1.29. The summed E-state index contributed by atoms with van der Waals surface area (Å²) in [5.41, 5.74) is 1.20. The number of alkyl halides is 1. The maximum atomic E-state index is 4.58. The van der Waals surface area contributed by atoms with Gasteiger partial charge in [0.15, 0.2) is 0 Å². The number of thiazole rings is 1. The van der Waals surface area contributed by atoms with Crippen LogP contribution in [0, 0.1) is 19.8 Å². The summed E-state index contributed by atoms with van der Waals surface area (Å²) in [6.07, 6.45) is 2.33. The van der Waals surface area contributed by atoms with Crippen molar-refractivity contribution in [2.75, 3.05) is 0 Å². The molecule has 2 atom stereocenters. The second-order valence-corrected chi connectivity index (χ2v) is 6.53. The van der Waals surface area contributed by atoms with E-state index < -0.39 is 0 Å². The van der Waals surface area contributed by atoms with Gasteiger partial charge in [-0.25, -0.2) is 4.98 Å². The Morgan fingerprint density at radius 3 is 2.43 bits per heavy atom. The SMILES string of the molecule is CCC(Cc1nc(C)c(C)s1)C(C)Br. The Labute approximate surface area is 99.1 Å². The van der Waals surface area contributed by atoms with E-state index in [1.165, 1.54) is 22.0 Å². The summed E-state index contributed by atoms with van der Waals surface area (Å²) >= 11 is 5.50. The minimum Gasteiger partial charge on any atom is -0.246 e. The van der Waals surface area contributed by atoms with Crippen molar-refractivity contribution in [3.05, 3.63) is 15.6 Å². The summed E-state index contributed by atoms with van der Waals surface area (Å²) in [5.74, 6) is 0.708. The van der Waals surface area contributed by atoms with E-state index in [0.717, 1.165) is 6.42 Å². The summed E-state index contributed by atoms with van der Waals surface area (Å²) in [6, 6.07) is 0. The first-order valence-electron chi connectivity index (χ1n) is 5.11. The Morgan fingerprint density at radius 1 is 1.43 bits per heavy atom. The molecule has 0 fully saturated rings. The van der Waals surface area contributed by atoms with E-state index >= 15 is 0 Å². The molecule has 0 aliphatic rings. The van der Waals surface area contributed by atoms with E-state index in [0.29, 0.717) is 10.7 Å². The summed E-state index contributed by atoms with van der Waals surface area (Å²) in [6.45, 7) is 8.71. The predicted octanol–water partition coefficient (Wildman–Crippen LogP) is 4.11. The molecule has 1 heterocycles. The number of nitrogens with zero attached hydrogens (tertiary/aromatic N) is 1. The summed E-state index contributed by atoms with van der Waals surface area (Å²) in [4.78, 5) is 6.52. The van der Waals surface area contributed by atoms with Crippen LogP contribution in [0.1, 0.15) is 35.8 Å². The molecule has 1 aromatic heterocycles. The van der Waals surface area contributed by atoms with Crippen LogP contribution in [-0.2, 0) is 6.42 Å².